The lowest BCUT2D eigenvalue weighted by Gasteiger charge is -2.19. The summed E-state index contributed by atoms with van der Waals surface area (Å²) < 4.78 is 22.4. The molecule has 2 rings (SSSR count). The summed E-state index contributed by atoms with van der Waals surface area (Å²) in [6.07, 6.45) is 0. The van der Waals surface area contributed by atoms with Gasteiger partial charge in [-0.1, -0.05) is 32.9 Å². The van der Waals surface area contributed by atoms with E-state index in [9.17, 15) is 13.2 Å². The van der Waals surface area contributed by atoms with E-state index in [4.69, 9.17) is 5.14 Å². The summed E-state index contributed by atoms with van der Waals surface area (Å²) in [7, 11) is -3.73. The Balaban J connectivity index is 1.90. The molecule has 0 saturated carbocycles. The second-order valence-corrected chi connectivity index (χ2v) is 9.29. The van der Waals surface area contributed by atoms with Crippen LogP contribution < -0.4 is 10.5 Å². The maximum Gasteiger partial charge on any atom is 0.238 e. The van der Waals surface area contributed by atoms with Crippen molar-refractivity contribution < 1.29 is 13.2 Å². The fourth-order valence-electron chi connectivity index (χ4n) is 2.13. The van der Waals surface area contributed by atoms with Crippen LogP contribution in [-0.4, -0.2) is 20.1 Å². The van der Waals surface area contributed by atoms with E-state index < -0.39 is 10.0 Å². The Morgan fingerprint density at radius 1 is 1.04 bits per heavy atom. The minimum atomic E-state index is -3.73. The van der Waals surface area contributed by atoms with Crippen molar-refractivity contribution >= 4 is 33.4 Å². The summed E-state index contributed by atoms with van der Waals surface area (Å²) in [4.78, 5) is 13.1. The van der Waals surface area contributed by atoms with Crippen molar-refractivity contribution in [3.8, 4) is 0 Å². The number of hydrogen-bond acceptors (Lipinski definition) is 4. The van der Waals surface area contributed by atoms with Crippen molar-refractivity contribution in [3.63, 3.8) is 0 Å². The quantitative estimate of drug-likeness (QED) is 0.781. The van der Waals surface area contributed by atoms with Gasteiger partial charge in [-0.3, -0.25) is 4.79 Å². The van der Waals surface area contributed by atoms with Crippen molar-refractivity contribution in [2.24, 2.45) is 5.14 Å². The van der Waals surface area contributed by atoms with Crippen LogP contribution in [0.4, 0.5) is 5.69 Å². The number of carbonyl (C=O) groups excluding carboxylic acids is 1. The van der Waals surface area contributed by atoms with Crippen LogP contribution in [-0.2, 0) is 20.2 Å². The van der Waals surface area contributed by atoms with Crippen LogP contribution >= 0.6 is 11.8 Å². The molecule has 0 aromatic heterocycles. The number of carbonyl (C=O) groups is 1. The summed E-state index contributed by atoms with van der Waals surface area (Å²) in [5, 5.41) is 7.77. The number of nitrogens with two attached hydrogens (primary N) is 1. The van der Waals surface area contributed by atoms with Crippen LogP contribution in [0.3, 0.4) is 0 Å². The van der Waals surface area contributed by atoms with Gasteiger partial charge in [0.25, 0.3) is 0 Å². The average molecular weight is 379 g/mol. The fraction of sp³-hybridized carbons (Fsp3) is 0.278. The summed E-state index contributed by atoms with van der Waals surface area (Å²) in [6.45, 7) is 6.47. The van der Waals surface area contributed by atoms with Gasteiger partial charge in [-0.05, 0) is 47.4 Å². The third-order valence-electron chi connectivity index (χ3n) is 3.56. The highest BCUT2D eigenvalue weighted by molar-refractivity contribution is 8.00. The molecule has 134 valence electrons. The summed E-state index contributed by atoms with van der Waals surface area (Å²) >= 11 is 1.45. The number of thioether (sulfide) groups is 1. The van der Waals surface area contributed by atoms with Crippen molar-refractivity contribution in [3.05, 3.63) is 54.1 Å². The van der Waals surface area contributed by atoms with Crippen LogP contribution in [0.25, 0.3) is 0 Å². The predicted octanol–water partition coefficient (Wildman–Crippen LogP) is 3.36. The molecular weight excluding hydrogens is 356 g/mol. The number of rotatable bonds is 5. The Bertz CT molecular complexity index is 837. The minimum absolute atomic E-state index is 0.0128. The van der Waals surface area contributed by atoms with E-state index in [1.807, 2.05) is 12.1 Å². The highest BCUT2D eigenvalue weighted by Gasteiger charge is 2.13. The zero-order valence-corrected chi connectivity index (χ0v) is 16.1. The fourth-order valence-corrected chi connectivity index (χ4v) is 3.34. The first kappa shape index (κ1) is 19.5. The van der Waals surface area contributed by atoms with Crippen LogP contribution in [0.1, 0.15) is 26.3 Å². The van der Waals surface area contributed by atoms with Crippen molar-refractivity contribution in [2.45, 2.75) is 36.0 Å². The van der Waals surface area contributed by atoms with Crippen LogP contribution in [0.15, 0.2) is 58.3 Å². The van der Waals surface area contributed by atoms with E-state index >= 15 is 0 Å². The Morgan fingerprint density at radius 3 is 2.08 bits per heavy atom. The first-order chi connectivity index (χ1) is 11.6. The molecule has 0 aliphatic rings. The molecule has 0 saturated heterocycles. The van der Waals surface area contributed by atoms with E-state index in [1.165, 1.54) is 41.6 Å². The molecule has 7 heteroatoms. The highest BCUT2D eigenvalue weighted by Crippen LogP contribution is 2.25. The Labute approximate surface area is 153 Å². The molecule has 0 unspecified atom stereocenters. The molecule has 5 nitrogen and oxygen atoms in total. The SMILES string of the molecule is CC(C)(C)c1ccc(SCC(=O)Nc2ccc(S(N)(=O)=O)cc2)cc1. The zero-order chi connectivity index (χ0) is 18.7. The molecule has 25 heavy (non-hydrogen) atoms. The Hall–Kier alpha value is -1.83. The van der Waals surface area contributed by atoms with Gasteiger partial charge < -0.3 is 5.32 Å². The molecule has 0 bridgehead atoms. The zero-order valence-electron chi connectivity index (χ0n) is 14.4. The van der Waals surface area contributed by atoms with E-state index in [2.05, 4.69) is 38.2 Å². The molecule has 2 aromatic carbocycles. The van der Waals surface area contributed by atoms with Crippen LogP contribution in [0, 0.1) is 0 Å². The summed E-state index contributed by atoms with van der Waals surface area (Å²) in [5.74, 6) is 0.111. The lowest BCUT2D eigenvalue weighted by Crippen LogP contribution is -2.15. The normalized spacial score (nSPS) is 12.0. The van der Waals surface area contributed by atoms with Gasteiger partial charge >= 0.3 is 0 Å². The van der Waals surface area contributed by atoms with Gasteiger partial charge in [0.15, 0.2) is 0 Å². The van der Waals surface area contributed by atoms with Crippen molar-refractivity contribution in [1.29, 1.82) is 0 Å². The molecule has 0 aliphatic heterocycles. The molecule has 1 amide bonds. The summed E-state index contributed by atoms with van der Waals surface area (Å²) in [5.41, 5.74) is 1.88. The lowest BCUT2D eigenvalue weighted by molar-refractivity contribution is -0.113. The van der Waals surface area contributed by atoms with Gasteiger partial charge in [-0.15, -0.1) is 11.8 Å². The number of anilines is 1. The minimum Gasteiger partial charge on any atom is -0.325 e. The monoisotopic (exact) mass is 378 g/mol. The maximum atomic E-state index is 12.0. The Morgan fingerprint density at radius 2 is 1.60 bits per heavy atom. The van der Waals surface area contributed by atoms with Gasteiger partial charge in [0.2, 0.25) is 15.9 Å². The number of amides is 1. The molecule has 2 aromatic rings. The van der Waals surface area contributed by atoms with Crippen LogP contribution in [0.5, 0.6) is 0 Å². The maximum absolute atomic E-state index is 12.0. The van der Waals surface area contributed by atoms with E-state index in [0.717, 1.165) is 4.90 Å². The molecule has 0 spiro atoms. The largest absolute Gasteiger partial charge is 0.325 e. The standard InChI is InChI=1S/C18H22N2O3S2/c1-18(2,3)13-4-8-15(9-5-13)24-12-17(21)20-14-6-10-16(11-7-14)25(19,22)23/h4-11H,12H2,1-3H3,(H,20,21)(H2,19,22,23). The molecule has 0 radical (unpaired) electrons. The topological polar surface area (TPSA) is 89.3 Å². The third-order valence-corrected chi connectivity index (χ3v) is 5.50. The number of primary sulfonamides is 1. The second-order valence-electron chi connectivity index (χ2n) is 6.68. The average Bonchev–Trinajstić information content (AvgIpc) is 2.52. The third kappa shape index (κ3) is 5.88. The van der Waals surface area contributed by atoms with E-state index in [1.54, 1.807) is 0 Å². The molecule has 3 N–H and O–H groups in total. The number of benzene rings is 2. The first-order valence-electron chi connectivity index (χ1n) is 7.72. The number of nitrogens with one attached hydrogen (secondary N) is 1. The van der Waals surface area contributed by atoms with Gasteiger partial charge in [0.1, 0.15) is 0 Å². The van der Waals surface area contributed by atoms with Gasteiger partial charge in [-0.25, -0.2) is 13.6 Å². The van der Waals surface area contributed by atoms with Crippen molar-refractivity contribution in [1.82, 2.24) is 0 Å². The second kappa shape index (κ2) is 7.59. The van der Waals surface area contributed by atoms with Crippen LogP contribution in [0.2, 0.25) is 0 Å². The highest BCUT2D eigenvalue weighted by atomic mass is 32.2. The summed E-state index contributed by atoms with van der Waals surface area (Å²) in [6, 6.07) is 13.9. The van der Waals surface area contributed by atoms with Gasteiger partial charge in [0, 0.05) is 10.6 Å². The number of hydrogen-bond donors (Lipinski definition) is 2. The predicted molar refractivity (Wildman–Crippen MR) is 102 cm³/mol. The Kier molecular flexibility index (Phi) is 5.92. The lowest BCUT2D eigenvalue weighted by atomic mass is 9.87. The smallest absolute Gasteiger partial charge is 0.238 e. The van der Waals surface area contributed by atoms with E-state index in [0.29, 0.717) is 5.69 Å². The van der Waals surface area contributed by atoms with Gasteiger partial charge in [0.05, 0.1) is 10.6 Å². The molecule has 0 aliphatic carbocycles. The van der Waals surface area contributed by atoms with Crippen molar-refractivity contribution in [2.75, 3.05) is 11.1 Å². The molecule has 0 atom stereocenters. The van der Waals surface area contributed by atoms with E-state index in [-0.39, 0.29) is 22.0 Å². The molecule has 0 fully saturated rings. The first-order valence-corrected chi connectivity index (χ1v) is 10.2. The number of sulfonamides is 1. The molecule has 0 heterocycles. The van der Waals surface area contributed by atoms with Gasteiger partial charge in [-0.2, -0.15) is 0 Å². The molecular formula is C18H22N2O3S2.